The average Bonchev–Trinajstić information content (AvgIpc) is 2.72. The van der Waals surface area contributed by atoms with Crippen molar-refractivity contribution in [1.82, 2.24) is 4.98 Å². The highest BCUT2D eigenvalue weighted by atomic mass is 32.1. The number of anilines is 1. The Hall–Kier alpha value is -2.02. The van der Waals surface area contributed by atoms with Gasteiger partial charge in [0.2, 0.25) is 0 Å². The van der Waals surface area contributed by atoms with E-state index >= 15 is 0 Å². The highest BCUT2D eigenvalue weighted by molar-refractivity contribution is 7.09. The number of benzene rings is 1. The van der Waals surface area contributed by atoms with Gasteiger partial charge in [0.1, 0.15) is 11.5 Å². The maximum absolute atomic E-state index is 13.1. The number of rotatable bonds is 4. The van der Waals surface area contributed by atoms with Crippen LogP contribution < -0.4 is 5.32 Å². The molecular weight excluding hydrogens is 257 g/mol. The van der Waals surface area contributed by atoms with Crippen LogP contribution in [0.15, 0.2) is 23.7 Å². The van der Waals surface area contributed by atoms with E-state index in [2.05, 4.69) is 10.3 Å². The van der Waals surface area contributed by atoms with Gasteiger partial charge in [-0.1, -0.05) is 0 Å². The summed E-state index contributed by atoms with van der Waals surface area (Å²) in [5.74, 6) is -0.510. The fourth-order valence-electron chi connectivity index (χ4n) is 1.48. The summed E-state index contributed by atoms with van der Waals surface area (Å²) >= 11 is 1.45. The molecule has 0 aliphatic rings. The van der Waals surface area contributed by atoms with Crippen LogP contribution in [-0.2, 0) is 6.54 Å². The van der Waals surface area contributed by atoms with Crippen molar-refractivity contribution in [3.8, 4) is 0 Å². The fourth-order valence-corrected chi connectivity index (χ4v) is 2.20. The molecule has 0 bridgehead atoms. The second kappa shape index (κ2) is 5.09. The first-order chi connectivity index (χ1) is 8.58. The van der Waals surface area contributed by atoms with Gasteiger partial charge in [0.15, 0.2) is 0 Å². The Bertz CT molecular complexity index is 585. The van der Waals surface area contributed by atoms with Gasteiger partial charge in [0.25, 0.3) is 5.69 Å². The van der Waals surface area contributed by atoms with Crippen molar-refractivity contribution in [2.45, 2.75) is 13.5 Å². The number of aromatic nitrogens is 1. The lowest BCUT2D eigenvalue weighted by Crippen LogP contribution is -2.03. The van der Waals surface area contributed by atoms with E-state index in [0.29, 0.717) is 6.54 Å². The fraction of sp³-hybridized carbons (Fsp3) is 0.182. The van der Waals surface area contributed by atoms with Gasteiger partial charge < -0.3 is 5.32 Å². The molecule has 1 heterocycles. The normalized spacial score (nSPS) is 10.3. The van der Waals surface area contributed by atoms with E-state index in [1.54, 1.807) is 5.51 Å². The first-order valence-corrected chi connectivity index (χ1v) is 6.02. The Morgan fingerprint density at radius 3 is 2.94 bits per heavy atom. The Morgan fingerprint density at radius 1 is 1.56 bits per heavy atom. The molecule has 0 saturated carbocycles. The summed E-state index contributed by atoms with van der Waals surface area (Å²) in [7, 11) is 0. The van der Waals surface area contributed by atoms with Crippen LogP contribution in [0.3, 0.4) is 0 Å². The van der Waals surface area contributed by atoms with E-state index in [0.717, 1.165) is 28.8 Å². The standard InChI is InChI=1S/C11H10FN3O2S/c1-7-11(18-6-14-7)5-13-9-4-8(12)2-3-10(9)15(16)17/h2-4,6,13H,5H2,1H3. The van der Waals surface area contributed by atoms with Crippen LogP contribution in [0.2, 0.25) is 0 Å². The minimum Gasteiger partial charge on any atom is -0.374 e. The summed E-state index contributed by atoms with van der Waals surface area (Å²) in [5.41, 5.74) is 2.60. The van der Waals surface area contributed by atoms with Crippen LogP contribution >= 0.6 is 11.3 Å². The van der Waals surface area contributed by atoms with Crippen molar-refractivity contribution in [2.75, 3.05) is 5.32 Å². The second-order valence-corrected chi connectivity index (χ2v) is 4.57. The van der Waals surface area contributed by atoms with Crippen molar-refractivity contribution in [1.29, 1.82) is 0 Å². The summed E-state index contributed by atoms with van der Waals surface area (Å²) in [5, 5.41) is 13.7. The van der Waals surface area contributed by atoms with Crippen LogP contribution in [0, 0.1) is 22.9 Å². The molecule has 0 radical (unpaired) electrons. The zero-order valence-electron chi connectivity index (χ0n) is 9.51. The van der Waals surface area contributed by atoms with Gasteiger partial charge in [-0.3, -0.25) is 10.1 Å². The number of thiazole rings is 1. The molecular formula is C11H10FN3O2S. The number of aryl methyl sites for hydroxylation is 1. The first kappa shape index (κ1) is 12.4. The molecule has 94 valence electrons. The lowest BCUT2D eigenvalue weighted by molar-refractivity contribution is -0.384. The Labute approximate surface area is 106 Å². The molecule has 0 fully saturated rings. The van der Waals surface area contributed by atoms with Crippen LogP contribution in [0.1, 0.15) is 10.6 Å². The predicted octanol–water partition coefficient (Wildman–Crippen LogP) is 3.11. The number of hydrogen-bond acceptors (Lipinski definition) is 5. The van der Waals surface area contributed by atoms with Gasteiger partial charge in [0.05, 0.1) is 22.7 Å². The molecule has 0 unspecified atom stereocenters. The molecule has 1 aromatic carbocycles. The van der Waals surface area contributed by atoms with Gasteiger partial charge in [-0.15, -0.1) is 11.3 Å². The Morgan fingerprint density at radius 2 is 2.33 bits per heavy atom. The third kappa shape index (κ3) is 2.62. The van der Waals surface area contributed by atoms with Crippen LogP contribution in [0.25, 0.3) is 0 Å². The lowest BCUT2D eigenvalue weighted by atomic mass is 10.2. The molecule has 18 heavy (non-hydrogen) atoms. The molecule has 0 saturated heterocycles. The van der Waals surface area contributed by atoms with Crippen molar-refractivity contribution in [3.63, 3.8) is 0 Å². The Kier molecular flexibility index (Phi) is 3.52. The SMILES string of the molecule is Cc1ncsc1CNc1cc(F)ccc1[N+](=O)[O-]. The van der Waals surface area contributed by atoms with E-state index < -0.39 is 10.7 Å². The zero-order valence-corrected chi connectivity index (χ0v) is 10.3. The van der Waals surface area contributed by atoms with Crippen molar-refractivity contribution < 1.29 is 9.31 Å². The maximum Gasteiger partial charge on any atom is 0.292 e. The van der Waals surface area contributed by atoms with Gasteiger partial charge in [0, 0.05) is 17.0 Å². The molecule has 0 aliphatic carbocycles. The number of halogens is 1. The molecule has 1 aromatic heterocycles. The van der Waals surface area contributed by atoms with Crippen LogP contribution in [0.5, 0.6) is 0 Å². The maximum atomic E-state index is 13.1. The molecule has 0 amide bonds. The zero-order chi connectivity index (χ0) is 13.1. The van der Waals surface area contributed by atoms with Crippen molar-refractivity contribution >= 4 is 22.7 Å². The van der Waals surface area contributed by atoms with Gasteiger partial charge in [-0.2, -0.15) is 0 Å². The summed E-state index contributed by atoms with van der Waals surface area (Å²) in [4.78, 5) is 15.3. The predicted molar refractivity (Wildman–Crippen MR) is 67.2 cm³/mol. The summed E-state index contributed by atoms with van der Waals surface area (Å²) < 4.78 is 13.1. The van der Waals surface area contributed by atoms with Gasteiger partial charge >= 0.3 is 0 Å². The average molecular weight is 267 g/mol. The molecule has 5 nitrogen and oxygen atoms in total. The third-order valence-corrected chi connectivity index (χ3v) is 3.37. The molecule has 0 spiro atoms. The minimum atomic E-state index is -0.540. The number of nitrogens with one attached hydrogen (secondary N) is 1. The van der Waals surface area contributed by atoms with Crippen LogP contribution in [0.4, 0.5) is 15.8 Å². The van der Waals surface area contributed by atoms with E-state index in [1.165, 1.54) is 11.3 Å². The lowest BCUT2D eigenvalue weighted by Gasteiger charge is -2.06. The summed E-state index contributed by atoms with van der Waals surface area (Å²) in [6, 6.07) is 3.34. The quantitative estimate of drug-likeness (QED) is 0.682. The molecule has 1 N–H and O–H groups in total. The minimum absolute atomic E-state index is 0.140. The molecule has 0 aliphatic heterocycles. The van der Waals surface area contributed by atoms with Gasteiger partial charge in [-0.25, -0.2) is 9.37 Å². The summed E-state index contributed by atoms with van der Waals surface area (Å²) in [6.45, 7) is 2.24. The van der Waals surface area contributed by atoms with E-state index in [1.807, 2.05) is 6.92 Å². The Balaban J connectivity index is 2.20. The van der Waals surface area contributed by atoms with Gasteiger partial charge in [-0.05, 0) is 13.0 Å². The molecule has 2 aromatic rings. The van der Waals surface area contributed by atoms with E-state index in [9.17, 15) is 14.5 Å². The van der Waals surface area contributed by atoms with E-state index in [-0.39, 0.29) is 11.4 Å². The smallest absolute Gasteiger partial charge is 0.292 e. The largest absolute Gasteiger partial charge is 0.374 e. The number of hydrogen-bond donors (Lipinski definition) is 1. The number of nitrogens with zero attached hydrogens (tertiary/aromatic N) is 2. The monoisotopic (exact) mass is 267 g/mol. The summed E-state index contributed by atoms with van der Waals surface area (Å²) in [6.07, 6.45) is 0. The topological polar surface area (TPSA) is 68.1 Å². The first-order valence-electron chi connectivity index (χ1n) is 5.14. The highest BCUT2D eigenvalue weighted by Crippen LogP contribution is 2.26. The van der Waals surface area contributed by atoms with Crippen molar-refractivity contribution in [3.05, 3.63) is 50.2 Å². The molecule has 2 rings (SSSR count). The number of nitro benzene ring substituents is 1. The third-order valence-electron chi connectivity index (χ3n) is 2.44. The van der Waals surface area contributed by atoms with Crippen molar-refractivity contribution in [2.24, 2.45) is 0 Å². The molecule has 0 atom stereocenters. The highest BCUT2D eigenvalue weighted by Gasteiger charge is 2.14. The van der Waals surface area contributed by atoms with E-state index in [4.69, 9.17) is 0 Å². The molecule has 7 heteroatoms. The second-order valence-electron chi connectivity index (χ2n) is 3.63. The van der Waals surface area contributed by atoms with Crippen LogP contribution in [-0.4, -0.2) is 9.91 Å². The number of nitro groups is 1.